The van der Waals surface area contributed by atoms with Crippen molar-refractivity contribution in [3.63, 3.8) is 0 Å². The smallest absolute Gasteiger partial charge is 0.254 e. The summed E-state index contributed by atoms with van der Waals surface area (Å²) in [4.78, 5) is 12.0. The third kappa shape index (κ3) is 2.98. The molecule has 1 fully saturated rings. The van der Waals surface area contributed by atoms with E-state index in [1.54, 1.807) is 0 Å². The number of aliphatic hydroxyl groups excluding tert-OH is 1. The monoisotopic (exact) mass is 283 g/mol. The van der Waals surface area contributed by atoms with Gasteiger partial charge in [-0.3, -0.25) is 4.79 Å². The largest absolute Gasteiger partial charge is 0.396 e. The fourth-order valence-electron chi connectivity index (χ4n) is 2.71. The number of amides is 1. The molecule has 1 amide bonds. The lowest BCUT2D eigenvalue weighted by Crippen LogP contribution is -2.38. The molecule has 3 nitrogen and oxygen atoms in total. The van der Waals surface area contributed by atoms with Crippen LogP contribution in [-0.2, 0) is 0 Å². The molecule has 0 bridgehead atoms. The zero-order valence-electron chi connectivity index (χ0n) is 11.5. The first-order chi connectivity index (χ1) is 9.47. The van der Waals surface area contributed by atoms with Gasteiger partial charge in [0.15, 0.2) is 0 Å². The summed E-state index contributed by atoms with van der Waals surface area (Å²) in [5.41, 5.74) is -0.217. The predicted molar refractivity (Wildman–Crippen MR) is 71.4 cm³/mol. The van der Waals surface area contributed by atoms with E-state index in [1.165, 1.54) is 13.0 Å². The lowest BCUT2D eigenvalue weighted by atomic mass is 9.87. The highest BCUT2D eigenvalue weighted by Gasteiger charge is 2.33. The maximum absolute atomic E-state index is 13.6. The van der Waals surface area contributed by atoms with Gasteiger partial charge in [0.25, 0.3) is 5.91 Å². The minimum Gasteiger partial charge on any atom is -0.396 e. The molecule has 0 unspecified atom stereocenters. The Bertz CT molecular complexity index is 511. The first-order valence-corrected chi connectivity index (χ1v) is 6.82. The Kier molecular flexibility index (Phi) is 4.38. The Morgan fingerprint density at radius 2 is 1.95 bits per heavy atom. The van der Waals surface area contributed by atoms with Gasteiger partial charge in [0.05, 0.1) is 12.2 Å². The van der Waals surface area contributed by atoms with Crippen LogP contribution < -0.4 is 5.32 Å². The van der Waals surface area contributed by atoms with Gasteiger partial charge in [0, 0.05) is 18.0 Å². The van der Waals surface area contributed by atoms with Gasteiger partial charge in [0.1, 0.15) is 11.6 Å². The molecule has 1 aliphatic carbocycles. The molecule has 0 aromatic heterocycles. The van der Waals surface area contributed by atoms with E-state index in [4.69, 9.17) is 0 Å². The highest BCUT2D eigenvalue weighted by atomic mass is 19.1. The Balaban J connectivity index is 2.07. The van der Waals surface area contributed by atoms with Crippen LogP contribution in [-0.4, -0.2) is 24.2 Å². The van der Waals surface area contributed by atoms with E-state index in [0.29, 0.717) is 6.54 Å². The molecule has 0 aliphatic heterocycles. The van der Waals surface area contributed by atoms with E-state index in [2.05, 4.69) is 5.32 Å². The summed E-state index contributed by atoms with van der Waals surface area (Å²) >= 11 is 0. The van der Waals surface area contributed by atoms with E-state index in [1.807, 2.05) is 0 Å². The molecule has 1 aromatic rings. The molecule has 2 N–H and O–H groups in total. The van der Waals surface area contributed by atoms with Gasteiger partial charge in [-0.05, 0) is 31.4 Å². The lowest BCUT2D eigenvalue weighted by molar-refractivity contribution is 0.0876. The number of hydrogen-bond acceptors (Lipinski definition) is 2. The number of carbonyl (C=O) groups excluding carboxylic acids is 1. The highest BCUT2D eigenvalue weighted by Crippen LogP contribution is 2.36. The van der Waals surface area contributed by atoms with Gasteiger partial charge in [-0.1, -0.05) is 12.8 Å². The molecule has 0 heterocycles. The van der Waals surface area contributed by atoms with Crippen LogP contribution in [0.4, 0.5) is 8.78 Å². The summed E-state index contributed by atoms with van der Waals surface area (Å²) in [6.07, 6.45) is 3.77. The quantitative estimate of drug-likeness (QED) is 0.892. The van der Waals surface area contributed by atoms with Crippen molar-refractivity contribution in [2.45, 2.75) is 32.6 Å². The van der Waals surface area contributed by atoms with Crippen LogP contribution in [0, 0.1) is 24.0 Å². The van der Waals surface area contributed by atoms with Crippen LogP contribution >= 0.6 is 0 Å². The van der Waals surface area contributed by atoms with Crippen molar-refractivity contribution in [2.75, 3.05) is 13.2 Å². The normalized spacial score (nSPS) is 17.2. The average Bonchev–Trinajstić information content (AvgIpc) is 2.90. The molecule has 2 rings (SSSR count). The summed E-state index contributed by atoms with van der Waals surface area (Å²) in [6, 6.07) is 1.93. The molecule has 110 valence electrons. The van der Waals surface area contributed by atoms with Crippen molar-refractivity contribution in [3.8, 4) is 0 Å². The number of hydrogen-bond donors (Lipinski definition) is 2. The number of nitrogens with one attached hydrogen (secondary N) is 1. The van der Waals surface area contributed by atoms with E-state index < -0.39 is 17.5 Å². The van der Waals surface area contributed by atoms with Crippen molar-refractivity contribution < 1.29 is 18.7 Å². The maximum Gasteiger partial charge on any atom is 0.254 e. The van der Waals surface area contributed by atoms with Crippen LogP contribution in [0.2, 0.25) is 0 Å². The number of carbonyl (C=O) groups is 1. The summed E-state index contributed by atoms with van der Waals surface area (Å²) in [6.45, 7) is 1.81. The molecule has 5 heteroatoms. The molecule has 0 saturated heterocycles. The van der Waals surface area contributed by atoms with E-state index in [9.17, 15) is 18.7 Å². The summed E-state index contributed by atoms with van der Waals surface area (Å²) in [5.74, 6) is -2.10. The van der Waals surface area contributed by atoms with Crippen LogP contribution in [0.3, 0.4) is 0 Å². The first-order valence-electron chi connectivity index (χ1n) is 6.82. The lowest BCUT2D eigenvalue weighted by Gasteiger charge is -2.26. The van der Waals surface area contributed by atoms with Crippen molar-refractivity contribution in [1.82, 2.24) is 5.32 Å². The molecule has 20 heavy (non-hydrogen) atoms. The fraction of sp³-hybridized carbons (Fsp3) is 0.533. The van der Waals surface area contributed by atoms with Gasteiger partial charge in [-0.2, -0.15) is 0 Å². The molecular weight excluding hydrogens is 264 g/mol. The van der Waals surface area contributed by atoms with E-state index in [-0.39, 0.29) is 23.1 Å². The van der Waals surface area contributed by atoms with Gasteiger partial charge in [0.2, 0.25) is 0 Å². The minimum absolute atomic E-state index is 0.0121. The Hall–Kier alpha value is -1.49. The second-order valence-electron chi connectivity index (χ2n) is 5.63. The summed E-state index contributed by atoms with van der Waals surface area (Å²) in [5, 5.41) is 12.1. The fourth-order valence-corrected chi connectivity index (χ4v) is 2.71. The van der Waals surface area contributed by atoms with Gasteiger partial charge < -0.3 is 10.4 Å². The highest BCUT2D eigenvalue weighted by molar-refractivity contribution is 5.94. The van der Waals surface area contributed by atoms with Crippen molar-refractivity contribution in [1.29, 1.82) is 0 Å². The van der Waals surface area contributed by atoms with Crippen LogP contribution in [0.5, 0.6) is 0 Å². The van der Waals surface area contributed by atoms with Crippen LogP contribution in [0.1, 0.15) is 41.6 Å². The van der Waals surface area contributed by atoms with Crippen LogP contribution in [0.15, 0.2) is 12.1 Å². The number of aryl methyl sites for hydroxylation is 1. The molecule has 0 atom stereocenters. The Morgan fingerprint density at radius 3 is 2.55 bits per heavy atom. The van der Waals surface area contributed by atoms with Gasteiger partial charge in [-0.15, -0.1) is 0 Å². The number of rotatable bonds is 4. The third-order valence-electron chi connectivity index (χ3n) is 4.12. The molecule has 0 radical (unpaired) electrons. The molecule has 1 aliphatic rings. The zero-order valence-corrected chi connectivity index (χ0v) is 11.5. The maximum atomic E-state index is 13.6. The first kappa shape index (κ1) is 14.9. The number of benzene rings is 1. The van der Waals surface area contributed by atoms with Crippen molar-refractivity contribution in [3.05, 3.63) is 34.9 Å². The van der Waals surface area contributed by atoms with Crippen LogP contribution in [0.25, 0.3) is 0 Å². The van der Waals surface area contributed by atoms with Gasteiger partial charge >= 0.3 is 0 Å². The average molecular weight is 283 g/mol. The molecule has 1 aromatic carbocycles. The Morgan fingerprint density at radius 1 is 1.30 bits per heavy atom. The molecule has 1 saturated carbocycles. The predicted octanol–water partition coefficient (Wildman–Crippen LogP) is 2.56. The SMILES string of the molecule is Cc1cc(C(=O)NCC2(CO)CCCC2)c(F)cc1F. The standard InChI is InChI=1S/C15H19F2NO2/c1-10-6-11(13(17)7-12(10)16)14(20)18-8-15(9-19)4-2-3-5-15/h6-7,19H,2-5,8-9H2,1H3,(H,18,20). The third-order valence-corrected chi connectivity index (χ3v) is 4.12. The number of aliphatic hydroxyl groups is 1. The molecule has 0 spiro atoms. The molecular formula is C15H19F2NO2. The number of halogens is 2. The van der Waals surface area contributed by atoms with Crippen molar-refractivity contribution >= 4 is 5.91 Å². The minimum atomic E-state index is -0.866. The van der Waals surface area contributed by atoms with E-state index >= 15 is 0 Å². The van der Waals surface area contributed by atoms with Crippen molar-refractivity contribution in [2.24, 2.45) is 5.41 Å². The van der Waals surface area contributed by atoms with Gasteiger partial charge in [-0.25, -0.2) is 8.78 Å². The Labute approximate surface area is 117 Å². The second kappa shape index (κ2) is 5.87. The summed E-state index contributed by atoms with van der Waals surface area (Å²) in [7, 11) is 0. The topological polar surface area (TPSA) is 49.3 Å². The second-order valence-corrected chi connectivity index (χ2v) is 5.63. The van der Waals surface area contributed by atoms with E-state index in [0.717, 1.165) is 31.7 Å². The summed E-state index contributed by atoms with van der Waals surface area (Å²) < 4.78 is 26.8. The zero-order chi connectivity index (χ0) is 14.8.